The minimum absolute atomic E-state index is 0.0799. The minimum atomic E-state index is 0.0799. The van der Waals surface area contributed by atoms with Crippen molar-refractivity contribution in [1.82, 2.24) is 0 Å². The topological polar surface area (TPSA) is 38.7 Å². The van der Waals surface area contributed by atoms with Crippen molar-refractivity contribution in [3.05, 3.63) is 0 Å². The van der Waals surface area contributed by atoms with Crippen LogP contribution in [0.25, 0.3) is 0 Å². The molecule has 0 aliphatic carbocycles. The number of ether oxygens (including phenoxy) is 1. The van der Waals surface area contributed by atoms with Crippen molar-refractivity contribution in [2.24, 2.45) is 4.99 Å². The molecule has 0 aromatic heterocycles. The Morgan fingerprint density at radius 1 is 1.67 bits per heavy atom. The first kappa shape index (κ1) is 6.46. The molecule has 0 N–H and O–H groups in total. The fourth-order valence-corrected chi connectivity index (χ4v) is 0.900. The van der Waals surface area contributed by atoms with Gasteiger partial charge in [-0.2, -0.15) is 0 Å². The zero-order valence-electron chi connectivity index (χ0n) is 5.17. The monoisotopic (exact) mass is 127 g/mol. The second kappa shape index (κ2) is 3.38. The summed E-state index contributed by atoms with van der Waals surface area (Å²) in [7, 11) is 0. The van der Waals surface area contributed by atoms with Gasteiger partial charge in [0, 0.05) is 6.61 Å². The summed E-state index contributed by atoms with van der Waals surface area (Å²) in [6.07, 6.45) is 3.51. The van der Waals surface area contributed by atoms with Gasteiger partial charge < -0.3 is 4.74 Å². The van der Waals surface area contributed by atoms with Crippen molar-refractivity contribution in [1.29, 1.82) is 0 Å². The summed E-state index contributed by atoms with van der Waals surface area (Å²) < 4.78 is 5.06. The van der Waals surface area contributed by atoms with Gasteiger partial charge in [0.15, 0.2) is 0 Å². The van der Waals surface area contributed by atoms with Gasteiger partial charge in [-0.25, -0.2) is 9.79 Å². The molecule has 0 aromatic carbocycles. The molecular formula is C6H9NO2. The van der Waals surface area contributed by atoms with Crippen LogP contribution < -0.4 is 0 Å². The van der Waals surface area contributed by atoms with Crippen LogP contribution >= 0.6 is 0 Å². The average Bonchev–Trinajstić information content (AvgIpc) is 1.91. The number of hydrogen-bond acceptors (Lipinski definition) is 3. The third-order valence-electron chi connectivity index (χ3n) is 1.37. The molecule has 0 aromatic rings. The van der Waals surface area contributed by atoms with Crippen LogP contribution in [-0.2, 0) is 9.53 Å². The van der Waals surface area contributed by atoms with Crippen molar-refractivity contribution in [3.8, 4) is 0 Å². The van der Waals surface area contributed by atoms with Crippen LogP contribution in [0.2, 0.25) is 0 Å². The van der Waals surface area contributed by atoms with Gasteiger partial charge >= 0.3 is 0 Å². The quantitative estimate of drug-likeness (QED) is 0.380. The Morgan fingerprint density at radius 2 is 2.56 bits per heavy atom. The molecule has 0 amide bonds. The number of rotatable bonds is 1. The molecule has 1 heterocycles. The van der Waals surface area contributed by atoms with Gasteiger partial charge in [-0.05, 0) is 12.8 Å². The van der Waals surface area contributed by atoms with E-state index in [0.717, 1.165) is 19.4 Å². The van der Waals surface area contributed by atoms with Gasteiger partial charge in [0.1, 0.15) is 0 Å². The summed E-state index contributed by atoms with van der Waals surface area (Å²) in [5.74, 6) is 0. The molecule has 1 fully saturated rings. The number of nitrogens with zero attached hydrogens (tertiary/aromatic N) is 1. The van der Waals surface area contributed by atoms with E-state index in [1.165, 1.54) is 6.08 Å². The second-order valence-electron chi connectivity index (χ2n) is 2.09. The molecule has 0 spiro atoms. The van der Waals surface area contributed by atoms with Crippen LogP contribution in [0.1, 0.15) is 12.8 Å². The number of hydrogen-bond donors (Lipinski definition) is 0. The number of carbonyl (C=O) groups excluding carboxylic acids is 1. The van der Waals surface area contributed by atoms with Gasteiger partial charge in [0.2, 0.25) is 6.08 Å². The van der Waals surface area contributed by atoms with E-state index in [9.17, 15) is 4.79 Å². The first-order valence-electron chi connectivity index (χ1n) is 3.08. The zero-order valence-corrected chi connectivity index (χ0v) is 5.17. The molecule has 0 saturated carbocycles. The lowest BCUT2D eigenvalue weighted by molar-refractivity contribution is 0.0828. The zero-order chi connectivity index (χ0) is 6.53. The summed E-state index contributed by atoms with van der Waals surface area (Å²) in [6, 6.07) is 0.0799. The number of aliphatic imine (C=N–C) groups is 1. The SMILES string of the molecule is O=C=N[C@@H]1CCCOC1. The van der Waals surface area contributed by atoms with Crippen LogP contribution in [0.3, 0.4) is 0 Å². The van der Waals surface area contributed by atoms with Crippen molar-refractivity contribution < 1.29 is 9.53 Å². The molecule has 0 unspecified atom stereocenters. The van der Waals surface area contributed by atoms with Gasteiger partial charge in [0.25, 0.3) is 0 Å². The van der Waals surface area contributed by atoms with E-state index >= 15 is 0 Å². The molecule has 50 valence electrons. The van der Waals surface area contributed by atoms with Gasteiger partial charge in [0.05, 0.1) is 12.6 Å². The highest BCUT2D eigenvalue weighted by atomic mass is 16.5. The van der Waals surface area contributed by atoms with E-state index in [1.807, 2.05) is 0 Å². The fraction of sp³-hybridized carbons (Fsp3) is 0.833. The third kappa shape index (κ3) is 1.96. The van der Waals surface area contributed by atoms with E-state index in [4.69, 9.17) is 4.74 Å². The van der Waals surface area contributed by atoms with E-state index in [0.29, 0.717) is 6.61 Å². The van der Waals surface area contributed by atoms with E-state index in [2.05, 4.69) is 4.99 Å². The lowest BCUT2D eigenvalue weighted by atomic mass is 10.1. The average molecular weight is 127 g/mol. The van der Waals surface area contributed by atoms with Crippen LogP contribution in [0.5, 0.6) is 0 Å². The van der Waals surface area contributed by atoms with E-state index < -0.39 is 0 Å². The fourth-order valence-electron chi connectivity index (χ4n) is 0.900. The Balaban J connectivity index is 2.31. The Hall–Kier alpha value is -0.660. The highest BCUT2D eigenvalue weighted by Gasteiger charge is 2.11. The molecular weight excluding hydrogens is 118 g/mol. The highest BCUT2D eigenvalue weighted by Crippen LogP contribution is 2.07. The second-order valence-corrected chi connectivity index (χ2v) is 2.09. The molecule has 1 rings (SSSR count). The largest absolute Gasteiger partial charge is 0.379 e. The van der Waals surface area contributed by atoms with Crippen molar-refractivity contribution in [3.63, 3.8) is 0 Å². The molecule has 0 bridgehead atoms. The first-order valence-corrected chi connectivity index (χ1v) is 3.08. The van der Waals surface area contributed by atoms with Gasteiger partial charge in [-0.15, -0.1) is 0 Å². The lowest BCUT2D eigenvalue weighted by Crippen LogP contribution is -2.19. The Bertz CT molecular complexity index is 123. The third-order valence-corrected chi connectivity index (χ3v) is 1.37. The molecule has 1 aliphatic heterocycles. The lowest BCUT2D eigenvalue weighted by Gasteiger charge is -2.15. The van der Waals surface area contributed by atoms with Gasteiger partial charge in [-0.3, -0.25) is 0 Å². The number of isocyanates is 1. The Kier molecular flexibility index (Phi) is 2.43. The summed E-state index contributed by atoms with van der Waals surface area (Å²) in [5, 5.41) is 0. The highest BCUT2D eigenvalue weighted by molar-refractivity contribution is 5.33. The molecule has 1 aliphatic rings. The van der Waals surface area contributed by atoms with E-state index in [1.54, 1.807) is 0 Å². The maximum atomic E-state index is 9.73. The summed E-state index contributed by atoms with van der Waals surface area (Å²) >= 11 is 0. The Morgan fingerprint density at radius 3 is 3.11 bits per heavy atom. The maximum absolute atomic E-state index is 9.73. The van der Waals surface area contributed by atoms with Crippen molar-refractivity contribution >= 4 is 6.08 Å². The molecule has 1 atom stereocenters. The van der Waals surface area contributed by atoms with Crippen molar-refractivity contribution in [2.75, 3.05) is 13.2 Å². The van der Waals surface area contributed by atoms with Crippen LogP contribution in [0.15, 0.2) is 4.99 Å². The van der Waals surface area contributed by atoms with Crippen LogP contribution in [0, 0.1) is 0 Å². The Labute approximate surface area is 53.7 Å². The summed E-state index contributed by atoms with van der Waals surface area (Å²) in [5.41, 5.74) is 0. The first-order chi connectivity index (χ1) is 4.43. The smallest absolute Gasteiger partial charge is 0.235 e. The predicted molar refractivity (Wildman–Crippen MR) is 32.0 cm³/mol. The standard InChI is InChI=1S/C6H9NO2/c8-5-7-6-2-1-3-9-4-6/h6H,1-4H2/t6-/m1/s1. The molecule has 9 heavy (non-hydrogen) atoms. The predicted octanol–water partition coefficient (Wildman–Crippen LogP) is 0.501. The van der Waals surface area contributed by atoms with E-state index in [-0.39, 0.29) is 6.04 Å². The van der Waals surface area contributed by atoms with Crippen LogP contribution in [0.4, 0.5) is 0 Å². The molecule has 0 radical (unpaired) electrons. The minimum Gasteiger partial charge on any atom is -0.379 e. The summed E-state index contributed by atoms with van der Waals surface area (Å²) in [4.78, 5) is 13.3. The summed E-state index contributed by atoms with van der Waals surface area (Å²) in [6.45, 7) is 1.40. The molecule has 3 nitrogen and oxygen atoms in total. The normalized spacial score (nSPS) is 26.9. The van der Waals surface area contributed by atoms with Crippen LogP contribution in [-0.4, -0.2) is 25.3 Å². The molecule has 3 heteroatoms. The van der Waals surface area contributed by atoms with Crippen molar-refractivity contribution in [2.45, 2.75) is 18.9 Å². The maximum Gasteiger partial charge on any atom is 0.235 e. The van der Waals surface area contributed by atoms with Gasteiger partial charge in [-0.1, -0.05) is 0 Å². The molecule has 1 saturated heterocycles.